The van der Waals surface area contributed by atoms with Crippen LogP contribution in [0.5, 0.6) is 5.75 Å². The Hall–Kier alpha value is -2.55. The maximum absolute atomic E-state index is 13.4. The molecule has 6 nitrogen and oxygen atoms in total. The summed E-state index contributed by atoms with van der Waals surface area (Å²) >= 11 is 0. The number of methoxy groups -OCH3 is 1. The van der Waals surface area contributed by atoms with Crippen molar-refractivity contribution < 1.29 is 27.8 Å². The molecule has 0 aliphatic heterocycles. The summed E-state index contributed by atoms with van der Waals surface area (Å²) in [6.07, 6.45) is -3.84. The number of alkyl halides is 3. The van der Waals surface area contributed by atoms with Crippen LogP contribution in [0.15, 0.2) is 36.7 Å². The molecular formula is C16H18F3N3O3. The predicted molar refractivity (Wildman–Crippen MR) is 82.6 cm³/mol. The molecule has 2 aromatic rings. The number of aromatic nitrogens is 2. The number of carbonyl (C=O) groups is 1. The van der Waals surface area contributed by atoms with E-state index in [1.165, 1.54) is 20.4 Å². The summed E-state index contributed by atoms with van der Waals surface area (Å²) in [4.78, 5) is 15.5. The molecule has 25 heavy (non-hydrogen) atoms. The Kier molecular flexibility index (Phi) is 5.36. The highest BCUT2D eigenvalue weighted by atomic mass is 19.4. The molecule has 0 aliphatic rings. The van der Waals surface area contributed by atoms with E-state index in [-0.39, 0.29) is 6.54 Å². The van der Waals surface area contributed by atoms with Crippen LogP contribution in [0.25, 0.3) is 0 Å². The average Bonchev–Trinajstić information content (AvgIpc) is 2.99. The first-order valence-corrected chi connectivity index (χ1v) is 7.34. The largest absolute Gasteiger partial charge is 0.497 e. The van der Waals surface area contributed by atoms with Gasteiger partial charge in [0.25, 0.3) is 0 Å². The van der Waals surface area contributed by atoms with Gasteiger partial charge in [0.05, 0.1) is 13.5 Å². The summed E-state index contributed by atoms with van der Waals surface area (Å²) in [5.74, 6) is -0.963. The van der Waals surface area contributed by atoms with Crippen molar-refractivity contribution in [2.24, 2.45) is 7.05 Å². The molecule has 0 spiro atoms. The fourth-order valence-corrected chi connectivity index (χ4v) is 2.31. The van der Waals surface area contributed by atoms with Gasteiger partial charge in [0, 0.05) is 26.0 Å². The smallest absolute Gasteiger partial charge is 0.425 e. The highest BCUT2D eigenvalue weighted by molar-refractivity contribution is 5.77. The van der Waals surface area contributed by atoms with Gasteiger partial charge in [0.1, 0.15) is 5.75 Å². The van der Waals surface area contributed by atoms with Crippen LogP contribution < -0.4 is 10.1 Å². The van der Waals surface area contributed by atoms with E-state index in [4.69, 9.17) is 4.74 Å². The molecule has 0 radical (unpaired) electrons. The van der Waals surface area contributed by atoms with Crippen LogP contribution in [0, 0.1) is 0 Å². The van der Waals surface area contributed by atoms with E-state index in [9.17, 15) is 23.1 Å². The molecule has 0 unspecified atom stereocenters. The van der Waals surface area contributed by atoms with Crippen LogP contribution >= 0.6 is 0 Å². The molecule has 0 bridgehead atoms. The number of hydrogen-bond donors (Lipinski definition) is 2. The second-order valence-electron chi connectivity index (χ2n) is 5.52. The number of nitrogens with zero attached hydrogens (tertiary/aromatic N) is 2. The molecule has 2 N–H and O–H groups in total. The quantitative estimate of drug-likeness (QED) is 0.828. The Morgan fingerprint density at radius 2 is 1.96 bits per heavy atom. The minimum atomic E-state index is -5.05. The van der Waals surface area contributed by atoms with Gasteiger partial charge in [-0.2, -0.15) is 13.2 Å². The molecule has 2 rings (SSSR count). The summed E-state index contributed by atoms with van der Waals surface area (Å²) < 4.78 is 46.1. The highest BCUT2D eigenvalue weighted by Crippen LogP contribution is 2.40. The van der Waals surface area contributed by atoms with E-state index in [0.717, 1.165) is 10.8 Å². The van der Waals surface area contributed by atoms with Gasteiger partial charge in [-0.25, -0.2) is 4.98 Å². The highest BCUT2D eigenvalue weighted by Gasteiger charge is 2.58. The van der Waals surface area contributed by atoms with E-state index in [1.807, 2.05) is 0 Å². The first-order valence-electron chi connectivity index (χ1n) is 7.34. The Bertz CT molecular complexity index is 728. The van der Waals surface area contributed by atoms with E-state index >= 15 is 0 Å². The van der Waals surface area contributed by atoms with Gasteiger partial charge >= 0.3 is 6.18 Å². The zero-order valence-corrected chi connectivity index (χ0v) is 13.7. The lowest BCUT2D eigenvalue weighted by molar-refractivity contribution is -0.271. The van der Waals surface area contributed by atoms with Crippen molar-refractivity contribution >= 4 is 5.91 Å². The molecule has 1 atom stereocenters. The van der Waals surface area contributed by atoms with Gasteiger partial charge in [-0.05, 0) is 17.7 Å². The molecular weight excluding hydrogens is 339 g/mol. The second-order valence-corrected chi connectivity index (χ2v) is 5.52. The Labute approximate surface area is 142 Å². The lowest BCUT2D eigenvalue weighted by atomic mass is 9.97. The van der Waals surface area contributed by atoms with Crippen molar-refractivity contribution in [3.05, 3.63) is 48.0 Å². The van der Waals surface area contributed by atoms with Gasteiger partial charge in [-0.3, -0.25) is 4.79 Å². The fraction of sp³-hybridized carbons (Fsp3) is 0.375. The van der Waals surface area contributed by atoms with E-state index in [1.54, 1.807) is 24.3 Å². The van der Waals surface area contributed by atoms with Gasteiger partial charge in [-0.15, -0.1) is 0 Å². The van der Waals surface area contributed by atoms with Crippen molar-refractivity contribution in [1.82, 2.24) is 14.9 Å². The Morgan fingerprint density at radius 1 is 1.32 bits per heavy atom. The third kappa shape index (κ3) is 4.11. The number of amides is 1. The van der Waals surface area contributed by atoms with Gasteiger partial charge in [0.15, 0.2) is 5.82 Å². The number of aryl methyl sites for hydroxylation is 1. The van der Waals surface area contributed by atoms with Crippen LogP contribution in [0.2, 0.25) is 0 Å². The molecule has 0 saturated heterocycles. The summed E-state index contributed by atoms with van der Waals surface area (Å²) in [6, 6.07) is 6.69. The van der Waals surface area contributed by atoms with Gasteiger partial charge in [0.2, 0.25) is 11.5 Å². The maximum Gasteiger partial charge on any atom is 0.425 e. The molecule has 0 aliphatic carbocycles. The van der Waals surface area contributed by atoms with Gasteiger partial charge < -0.3 is 19.7 Å². The van der Waals surface area contributed by atoms with Crippen LogP contribution in [0.3, 0.4) is 0 Å². The van der Waals surface area contributed by atoms with Crippen LogP contribution in [-0.4, -0.2) is 33.9 Å². The Morgan fingerprint density at radius 3 is 2.44 bits per heavy atom. The fourth-order valence-electron chi connectivity index (χ4n) is 2.31. The summed E-state index contributed by atoms with van der Waals surface area (Å²) in [6.45, 7) is 0.0251. The summed E-state index contributed by atoms with van der Waals surface area (Å²) in [7, 11) is 2.82. The van der Waals surface area contributed by atoms with Crippen LogP contribution in [0.4, 0.5) is 13.2 Å². The SMILES string of the molecule is COc1ccc(CNC(=O)C[C@](O)(c2nccn2C)C(F)(F)F)cc1. The molecule has 1 heterocycles. The molecule has 0 fully saturated rings. The van der Waals surface area contributed by atoms with E-state index < -0.39 is 29.9 Å². The topological polar surface area (TPSA) is 76.4 Å². The predicted octanol–water partition coefficient (Wildman–Crippen LogP) is 1.89. The second kappa shape index (κ2) is 7.14. The van der Waals surface area contributed by atoms with Crippen molar-refractivity contribution in [1.29, 1.82) is 0 Å². The monoisotopic (exact) mass is 357 g/mol. The number of ether oxygens (including phenoxy) is 1. The summed E-state index contributed by atoms with van der Waals surface area (Å²) in [5, 5.41) is 12.5. The van der Waals surface area contributed by atoms with Crippen LogP contribution in [-0.2, 0) is 24.0 Å². The molecule has 136 valence electrons. The van der Waals surface area contributed by atoms with E-state index in [2.05, 4.69) is 10.3 Å². The van der Waals surface area contributed by atoms with Gasteiger partial charge in [-0.1, -0.05) is 12.1 Å². The standard InChI is InChI=1S/C16H18F3N3O3/c1-22-8-7-20-14(22)15(24,16(17,18)19)9-13(23)21-10-11-3-5-12(25-2)6-4-11/h3-8,24H,9-10H2,1-2H3,(H,21,23)/t15-/m0/s1. The number of halogens is 3. The van der Waals surface area contributed by atoms with E-state index in [0.29, 0.717) is 11.3 Å². The average molecular weight is 357 g/mol. The number of hydrogen-bond acceptors (Lipinski definition) is 4. The lowest BCUT2D eigenvalue weighted by Gasteiger charge is -2.29. The minimum absolute atomic E-state index is 0.0251. The maximum atomic E-state index is 13.4. The number of benzene rings is 1. The van der Waals surface area contributed by atoms with Crippen molar-refractivity contribution in [3.63, 3.8) is 0 Å². The first kappa shape index (κ1) is 18.8. The third-order valence-electron chi connectivity index (χ3n) is 3.73. The van der Waals surface area contributed by atoms with Crippen molar-refractivity contribution in [3.8, 4) is 5.75 Å². The normalized spacial score (nSPS) is 14.0. The molecule has 1 aromatic heterocycles. The molecule has 9 heteroatoms. The number of imidazole rings is 1. The molecule has 0 saturated carbocycles. The zero-order valence-electron chi connectivity index (χ0n) is 13.7. The number of aliphatic hydroxyl groups is 1. The number of rotatable bonds is 6. The van der Waals surface area contributed by atoms with Crippen molar-refractivity contribution in [2.75, 3.05) is 7.11 Å². The minimum Gasteiger partial charge on any atom is -0.497 e. The third-order valence-corrected chi connectivity index (χ3v) is 3.73. The van der Waals surface area contributed by atoms with Crippen LogP contribution in [0.1, 0.15) is 17.8 Å². The Balaban J connectivity index is 2.08. The summed E-state index contributed by atoms with van der Waals surface area (Å²) in [5.41, 5.74) is -2.68. The molecule has 1 amide bonds. The lowest BCUT2D eigenvalue weighted by Crippen LogP contribution is -2.47. The van der Waals surface area contributed by atoms with Crippen molar-refractivity contribution in [2.45, 2.75) is 24.7 Å². The molecule has 1 aromatic carbocycles. The number of carbonyl (C=O) groups excluding carboxylic acids is 1. The number of nitrogens with one attached hydrogen (secondary N) is 1. The zero-order chi connectivity index (χ0) is 18.7. The first-order chi connectivity index (χ1) is 11.7.